The van der Waals surface area contributed by atoms with E-state index in [-0.39, 0.29) is 17.9 Å². The van der Waals surface area contributed by atoms with E-state index in [1.54, 1.807) is 30.7 Å². The minimum absolute atomic E-state index is 0.0207. The molecule has 2 aromatic rings. The van der Waals surface area contributed by atoms with E-state index in [4.69, 9.17) is 4.74 Å². The number of benzene rings is 2. The number of rotatable bonds is 10. The van der Waals surface area contributed by atoms with Crippen molar-refractivity contribution in [2.24, 2.45) is 0 Å². The summed E-state index contributed by atoms with van der Waals surface area (Å²) in [6, 6.07) is 17.0. The molecule has 0 heterocycles. The van der Waals surface area contributed by atoms with Crippen molar-refractivity contribution < 1.29 is 14.3 Å². The highest BCUT2D eigenvalue weighted by atomic mass is 32.2. The number of carbonyl (C=O) groups is 2. The van der Waals surface area contributed by atoms with Gasteiger partial charge in [0.1, 0.15) is 11.8 Å². The van der Waals surface area contributed by atoms with Gasteiger partial charge in [0.25, 0.3) is 0 Å². The van der Waals surface area contributed by atoms with Gasteiger partial charge in [0, 0.05) is 29.7 Å². The highest BCUT2D eigenvalue weighted by Crippen LogP contribution is 2.20. The molecule has 0 saturated carbocycles. The lowest BCUT2D eigenvalue weighted by molar-refractivity contribution is -0.140. The molecule has 2 aromatic carbocycles. The third-order valence-corrected chi connectivity index (χ3v) is 5.43. The number of carbonyl (C=O) groups excluding carboxylic acids is 2. The lowest BCUT2D eigenvalue weighted by atomic mass is 10.1. The largest absolute Gasteiger partial charge is 0.497 e. The molecular formula is C23H30N2O3S. The Morgan fingerprint density at radius 3 is 2.45 bits per heavy atom. The summed E-state index contributed by atoms with van der Waals surface area (Å²) in [7, 11) is 1.61. The molecule has 6 heteroatoms. The number of hydrogen-bond acceptors (Lipinski definition) is 4. The van der Waals surface area contributed by atoms with Gasteiger partial charge in [-0.05, 0) is 50.6 Å². The fourth-order valence-corrected chi connectivity index (χ4v) is 3.73. The van der Waals surface area contributed by atoms with Gasteiger partial charge in [-0.3, -0.25) is 9.59 Å². The second kappa shape index (κ2) is 11.5. The Hall–Kier alpha value is -2.47. The molecule has 1 N–H and O–H groups in total. The minimum Gasteiger partial charge on any atom is -0.497 e. The summed E-state index contributed by atoms with van der Waals surface area (Å²) < 4.78 is 5.29. The lowest BCUT2D eigenvalue weighted by Crippen LogP contribution is -2.49. The average Bonchev–Trinajstić information content (AvgIpc) is 2.71. The van der Waals surface area contributed by atoms with Crippen LogP contribution in [0.15, 0.2) is 59.5 Å². The zero-order valence-corrected chi connectivity index (χ0v) is 18.4. The first-order valence-corrected chi connectivity index (χ1v) is 10.8. The predicted molar refractivity (Wildman–Crippen MR) is 118 cm³/mol. The van der Waals surface area contributed by atoms with E-state index in [0.29, 0.717) is 18.7 Å². The van der Waals surface area contributed by atoms with Crippen molar-refractivity contribution in [3.8, 4) is 5.75 Å². The van der Waals surface area contributed by atoms with E-state index in [9.17, 15) is 9.59 Å². The number of amides is 2. The van der Waals surface area contributed by atoms with Crippen LogP contribution in [0, 0.1) is 0 Å². The number of nitrogens with zero attached hydrogens (tertiary/aromatic N) is 1. The summed E-state index contributed by atoms with van der Waals surface area (Å²) in [4.78, 5) is 28.4. The van der Waals surface area contributed by atoms with Crippen LogP contribution in [0.25, 0.3) is 0 Å². The molecule has 29 heavy (non-hydrogen) atoms. The Labute approximate surface area is 177 Å². The zero-order chi connectivity index (χ0) is 21.2. The minimum atomic E-state index is -0.558. The number of ether oxygens (including phenoxy) is 1. The van der Waals surface area contributed by atoms with Crippen LogP contribution < -0.4 is 10.1 Å². The Bertz CT molecular complexity index is 796. The summed E-state index contributed by atoms with van der Waals surface area (Å²) in [5.74, 6) is 1.21. The smallest absolute Gasteiger partial charge is 0.242 e. The fourth-order valence-electron chi connectivity index (χ4n) is 2.87. The van der Waals surface area contributed by atoms with Crippen molar-refractivity contribution in [2.45, 2.75) is 50.7 Å². The summed E-state index contributed by atoms with van der Waals surface area (Å²) in [5.41, 5.74) is 0.928. The first-order chi connectivity index (χ1) is 13.9. The predicted octanol–water partition coefficient (Wildman–Crippen LogP) is 4.12. The van der Waals surface area contributed by atoms with Crippen LogP contribution in [-0.2, 0) is 16.1 Å². The summed E-state index contributed by atoms with van der Waals surface area (Å²) in [6.45, 7) is 5.96. The Morgan fingerprint density at radius 1 is 1.07 bits per heavy atom. The maximum atomic E-state index is 13.0. The molecule has 0 bridgehead atoms. The van der Waals surface area contributed by atoms with E-state index in [2.05, 4.69) is 5.32 Å². The average molecular weight is 415 g/mol. The molecule has 156 valence electrons. The SMILES string of the molecule is COc1cccc(CN(C(=O)CCSc2ccccc2)C(C)C(=O)NC(C)C)c1. The van der Waals surface area contributed by atoms with E-state index in [0.717, 1.165) is 16.2 Å². The van der Waals surface area contributed by atoms with Gasteiger partial charge in [0.15, 0.2) is 0 Å². The maximum absolute atomic E-state index is 13.0. The third kappa shape index (κ3) is 7.46. The Balaban J connectivity index is 2.09. The first kappa shape index (κ1) is 22.8. The molecule has 2 rings (SSSR count). The van der Waals surface area contributed by atoms with Gasteiger partial charge in [-0.25, -0.2) is 0 Å². The molecule has 2 amide bonds. The van der Waals surface area contributed by atoms with Crippen LogP contribution >= 0.6 is 11.8 Å². The van der Waals surface area contributed by atoms with Crippen LogP contribution in [0.3, 0.4) is 0 Å². The van der Waals surface area contributed by atoms with Crippen LogP contribution in [0.2, 0.25) is 0 Å². The summed E-state index contributed by atoms with van der Waals surface area (Å²) >= 11 is 1.64. The van der Waals surface area contributed by atoms with E-state index >= 15 is 0 Å². The molecule has 5 nitrogen and oxygen atoms in total. The quantitative estimate of drug-likeness (QED) is 0.594. The van der Waals surface area contributed by atoms with Crippen molar-refractivity contribution in [1.82, 2.24) is 10.2 Å². The molecule has 0 aliphatic carbocycles. The van der Waals surface area contributed by atoms with Gasteiger partial charge >= 0.3 is 0 Å². The second-order valence-electron chi connectivity index (χ2n) is 7.12. The normalized spacial score (nSPS) is 11.8. The molecule has 0 saturated heterocycles. The van der Waals surface area contributed by atoms with Gasteiger partial charge in [0.2, 0.25) is 11.8 Å². The maximum Gasteiger partial charge on any atom is 0.242 e. The Kier molecular flexibility index (Phi) is 9.06. The van der Waals surface area contributed by atoms with E-state index < -0.39 is 6.04 Å². The Morgan fingerprint density at radius 2 is 1.79 bits per heavy atom. The molecular weight excluding hydrogens is 384 g/mol. The van der Waals surface area contributed by atoms with Crippen molar-refractivity contribution in [2.75, 3.05) is 12.9 Å². The molecule has 0 fully saturated rings. The number of methoxy groups -OCH3 is 1. The van der Waals surface area contributed by atoms with E-state index in [1.165, 1.54) is 0 Å². The van der Waals surface area contributed by atoms with Crippen molar-refractivity contribution in [1.29, 1.82) is 0 Å². The molecule has 0 aromatic heterocycles. The lowest BCUT2D eigenvalue weighted by Gasteiger charge is -2.29. The monoisotopic (exact) mass is 414 g/mol. The summed E-state index contributed by atoms with van der Waals surface area (Å²) in [5, 5.41) is 2.91. The van der Waals surface area contributed by atoms with E-state index in [1.807, 2.05) is 68.4 Å². The topological polar surface area (TPSA) is 58.6 Å². The molecule has 1 atom stereocenters. The first-order valence-electron chi connectivity index (χ1n) is 9.81. The number of hydrogen-bond donors (Lipinski definition) is 1. The van der Waals surface area contributed by atoms with Crippen LogP contribution in [0.4, 0.5) is 0 Å². The molecule has 1 unspecified atom stereocenters. The van der Waals surface area contributed by atoms with Crippen molar-refractivity contribution in [3.63, 3.8) is 0 Å². The molecule has 0 radical (unpaired) electrons. The highest BCUT2D eigenvalue weighted by molar-refractivity contribution is 7.99. The molecule has 0 aliphatic rings. The molecule has 0 aliphatic heterocycles. The van der Waals surface area contributed by atoms with Gasteiger partial charge < -0.3 is 15.0 Å². The fraction of sp³-hybridized carbons (Fsp3) is 0.391. The number of nitrogens with one attached hydrogen (secondary N) is 1. The number of thioether (sulfide) groups is 1. The van der Waals surface area contributed by atoms with Gasteiger partial charge in [-0.2, -0.15) is 0 Å². The van der Waals surface area contributed by atoms with Crippen molar-refractivity contribution in [3.05, 3.63) is 60.2 Å². The third-order valence-electron chi connectivity index (χ3n) is 4.41. The second-order valence-corrected chi connectivity index (χ2v) is 8.29. The van der Waals surface area contributed by atoms with Crippen molar-refractivity contribution >= 4 is 23.6 Å². The van der Waals surface area contributed by atoms with Gasteiger partial charge in [-0.1, -0.05) is 30.3 Å². The van der Waals surface area contributed by atoms with Crippen LogP contribution in [0.1, 0.15) is 32.8 Å². The summed E-state index contributed by atoms with van der Waals surface area (Å²) in [6.07, 6.45) is 0.364. The molecule has 0 spiro atoms. The van der Waals surface area contributed by atoms with Gasteiger partial charge in [-0.15, -0.1) is 11.8 Å². The van der Waals surface area contributed by atoms with Gasteiger partial charge in [0.05, 0.1) is 7.11 Å². The van der Waals surface area contributed by atoms with Crippen LogP contribution in [0.5, 0.6) is 5.75 Å². The standard InChI is InChI=1S/C23H30N2O3S/c1-17(2)24-23(27)18(3)25(16-19-9-8-10-20(15-19)28-4)22(26)13-14-29-21-11-6-5-7-12-21/h5-12,15,17-18H,13-14,16H2,1-4H3,(H,24,27). The highest BCUT2D eigenvalue weighted by Gasteiger charge is 2.26. The van der Waals surface area contributed by atoms with Crippen LogP contribution in [-0.4, -0.2) is 41.7 Å². The zero-order valence-electron chi connectivity index (χ0n) is 17.6.